The number of hydrogen-bond donors (Lipinski definition) is 2. The zero-order valence-electron chi connectivity index (χ0n) is 23.4. The van der Waals surface area contributed by atoms with Gasteiger partial charge in [0.05, 0.1) is 16.2 Å². The predicted molar refractivity (Wildman–Crippen MR) is 160 cm³/mol. The number of hydrazone groups is 1. The molecule has 0 heterocycles. The van der Waals surface area contributed by atoms with E-state index in [0.717, 1.165) is 40.3 Å². The van der Waals surface area contributed by atoms with Crippen molar-refractivity contribution in [1.82, 2.24) is 4.83 Å². The summed E-state index contributed by atoms with van der Waals surface area (Å²) in [5, 5.41) is 15.5. The second-order valence-electron chi connectivity index (χ2n) is 12.0. The number of carbonyl (C=O) groups is 1. The van der Waals surface area contributed by atoms with Crippen molar-refractivity contribution in [3.63, 3.8) is 0 Å². The third kappa shape index (κ3) is 5.26. The van der Waals surface area contributed by atoms with Crippen molar-refractivity contribution < 1.29 is 18.3 Å². The fourth-order valence-corrected chi connectivity index (χ4v) is 6.24. The Kier molecular flexibility index (Phi) is 6.83. The Hall–Kier alpha value is -3.97. The molecule has 0 aliphatic heterocycles. The topological polar surface area (TPSA) is 95.8 Å². The summed E-state index contributed by atoms with van der Waals surface area (Å²) < 4.78 is 26.3. The molecule has 0 saturated carbocycles. The van der Waals surface area contributed by atoms with Crippen LogP contribution in [0.3, 0.4) is 0 Å². The van der Waals surface area contributed by atoms with Gasteiger partial charge in [-0.2, -0.15) is 18.4 Å². The smallest absolute Gasteiger partial charge is 0.335 e. The highest BCUT2D eigenvalue weighted by molar-refractivity contribution is 7.89. The molecule has 0 bridgehead atoms. The van der Waals surface area contributed by atoms with Crippen LogP contribution >= 0.6 is 0 Å². The molecule has 0 unspecified atom stereocenters. The van der Waals surface area contributed by atoms with Crippen LogP contribution < -0.4 is 4.83 Å². The summed E-state index contributed by atoms with van der Waals surface area (Å²) in [6.45, 7) is 10.9. The highest BCUT2D eigenvalue weighted by Gasteiger charge is 2.37. The Balaban J connectivity index is 1.65. The molecule has 7 heteroatoms. The SMILES string of the molecule is Cc1ccc(S(=O)(=O)N/N=C(\c2ccc3c(c2)C(C)(C)CCC3(C)C)c2ccc3cc(C(=O)O)ccc3c2)cc1. The fourth-order valence-electron chi connectivity index (χ4n) is 5.43. The standard InChI is InChI=1S/C33H34N2O4S/c1-21-6-13-27(14-7-21)40(38,39)35-34-30(24-10-8-23-19-26(31(36)37)11-9-22(23)18-24)25-12-15-28-29(20-25)33(4,5)17-16-32(28,2)3/h6-15,18-20,35H,16-17H2,1-5H3,(H,36,37)/b34-30-. The van der Waals surface area contributed by atoms with Crippen LogP contribution in [0.5, 0.6) is 0 Å². The number of aromatic carboxylic acids is 1. The molecule has 1 aliphatic carbocycles. The summed E-state index contributed by atoms with van der Waals surface area (Å²) in [7, 11) is -3.91. The lowest BCUT2D eigenvalue weighted by molar-refractivity contribution is 0.0697. The molecule has 0 fully saturated rings. The van der Waals surface area contributed by atoms with Crippen LogP contribution in [-0.4, -0.2) is 25.2 Å². The van der Waals surface area contributed by atoms with Gasteiger partial charge in [0.2, 0.25) is 0 Å². The minimum Gasteiger partial charge on any atom is -0.478 e. The van der Waals surface area contributed by atoms with E-state index in [1.807, 2.05) is 31.2 Å². The number of hydrogen-bond acceptors (Lipinski definition) is 4. The highest BCUT2D eigenvalue weighted by atomic mass is 32.2. The van der Waals surface area contributed by atoms with E-state index in [9.17, 15) is 18.3 Å². The first-order valence-corrected chi connectivity index (χ1v) is 14.8. The third-order valence-corrected chi connectivity index (χ3v) is 9.32. The van der Waals surface area contributed by atoms with Crippen molar-refractivity contribution >= 4 is 32.5 Å². The lowest BCUT2D eigenvalue weighted by Gasteiger charge is -2.42. The lowest BCUT2D eigenvalue weighted by Crippen LogP contribution is -2.34. The van der Waals surface area contributed by atoms with E-state index in [1.54, 1.807) is 42.5 Å². The van der Waals surface area contributed by atoms with Crippen molar-refractivity contribution in [1.29, 1.82) is 0 Å². The van der Waals surface area contributed by atoms with E-state index in [4.69, 9.17) is 0 Å². The van der Waals surface area contributed by atoms with Gasteiger partial charge >= 0.3 is 5.97 Å². The summed E-state index contributed by atoms with van der Waals surface area (Å²) in [5.74, 6) is -0.988. The van der Waals surface area contributed by atoms with Crippen LogP contribution in [-0.2, 0) is 20.9 Å². The van der Waals surface area contributed by atoms with E-state index in [2.05, 4.69) is 49.8 Å². The Bertz CT molecular complexity index is 1770. The molecule has 206 valence electrons. The summed E-state index contributed by atoms with van der Waals surface area (Å²) >= 11 is 0. The lowest BCUT2D eigenvalue weighted by atomic mass is 9.63. The number of aryl methyl sites for hydroxylation is 1. The molecule has 0 radical (unpaired) electrons. The van der Waals surface area contributed by atoms with Crippen LogP contribution in [0.15, 0.2) is 88.9 Å². The first kappa shape index (κ1) is 27.6. The van der Waals surface area contributed by atoms with E-state index < -0.39 is 16.0 Å². The summed E-state index contributed by atoms with van der Waals surface area (Å²) in [5.41, 5.74) is 5.72. The first-order valence-electron chi connectivity index (χ1n) is 13.4. The van der Waals surface area contributed by atoms with Crippen molar-refractivity contribution in [2.24, 2.45) is 5.10 Å². The van der Waals surface area contributed by atoms with Crippen molar-refractivity contribution in [2.45, 2.75) is 63.2 Å². The third-order valence-electron chi connectivity index (χ3n) is 8.10. The van der Waals surface area contributed by atoms with Gasteiger partial charge in [0.15, 0.2) is 0 Å². The highest BCUT2D eigenvalue weighted by Crippen LogP contribution is 2.46. The number of carboxylic acid groups (broad SMARTS) is 1. The molecular weight excluding hydrogens is 520 g/mol. The zero-order chi connectivity index (χ0) is 28.9. The molecule has 4 aromatic rings. The van der Waals surface area contributed by atoms with Crippen molar-refractivity contribution in [2.75, 3.05) is 0 Å². The average Bonchev–Trinajstić information content (AvgIpc) is 2.91. The number of carboxylic acids is 1. The van der Waals surface area contributed by atoms with E-state index >= 15 is 0 Å². The minimum atomic E-state index is -3.91. The quantitative estimate of drug-likeness (QED) is 0.200. The van der Waals surface area contributed by atoms with Crippen molar-refractivity contribution in [3.8, 4) is 0 Å². The first-order chi connectivity index (χ1) is 18.8. The molecular formula is C33H34N2O4S. The fraction of sp³-hybridized carbons (Fsp3) is 0.273. The number of sulfonamides is 1. The number of rotatable bonds is 6. The molecule has 0 spiro atoms. The molecule has 2 N–H and O–H groups in total. The van der Waals surface area contributed by atoms with E-state index in [0.29, 0.717) is 5.71 Å². The average molecular weight is 555 g/mol. The van der Waals surface area contributed by atoms with Gasteiger partial charge in [0, 0.05) is 11.1 Å². The molecule has 0 saturated heterocycles. The Morgan fingerprint density at radius 1 is 0.750 bits per heavy atom. The van der Waals surface area contributed by atoms with Crippen LogP contribution in [0.2, 0.25) is 0 Å². The molecule has 6 nitrogen and oxygen atoms in total. The van der Waals surface area contributed by atoms with Gasteiger partial charge in [-0.25, -0.2) is 4.79 Å². The maximum Gasteiger partial charge on any atom is 0.335 e. The van der Waals surface area contributed by atoms with Gasteiger partial charge in [-0.1, -0.05) is 75.7 Å². The molecule has 0 aromatic heterocycles. The molecule has 0 amide bonds. The van der Waals surface area contributed by atoms with Crippen LogP contribution in [0.1, 0.15) is 78.7 Å². The molecule has 1 aliphatic rings. The van der Waals surface area contributed by atoms with E-state index in [1.165, 1.54) is 11.1 Å². The van der Waals surface area contributed by atoms with Crippen LogP contribution in [0, 0.1) is 6.92 Å². The second-order valence-corrected chi connectivity index (χ2v) is 13.6. The van der Waals surface area contributed by atoms with Gasteiger partial charge in [-0.3, -0.25) is 0 Å². The van der Waals surface area contributed by atoms with Gasteiger partial charge in [-0.05, 0) is 88.9 Å². The number of benzene rings is 4. The van der Waals surface area contributed by atoms with Crippen LogP contribution in [0.25, 0.3) is 10.8 Å². The summed E-state index contributed by atoms with van der Waals surface area (Å²) in [4.78, 5) is 14.0. The Labute approximate surface area is 235 Å². The maximum absolute atomic E-state index is 13.2. The van der Waals surface area contributed by atoms with E-state index in [-0.39, 0.29) is 21.3 Å². The van der Waals surface area contributed by atoms with Gasteiger partial charge in [0.1, 0.15) is 0 Å². The second kappa shape index (κ2) is 9.89. The van der Waals surface area contributed by atoms with Gasteiger partial charge < -0.3 is 5.11 Å². The largest absolute Gasteiger partial charge is 0.478 e. The molecule has 4 aromatic carbocycles. The summed E-state index contributed by atoms with van der Waals surface area (Å²) in [6.07, 6.45) is 2.14. The minimum absolute atomic E-state index is 0.0377. The van der Waals surface area contributed by atoms with Crippen molar-refractivity contribution in [3.05, 3.63) is 112 Å². The van der Waals surface area contributed by atoms with Gasteiger partial charge in [-0.15, -0.1) is 0 Å². The number of fused-ring (bicyclic) bond motifs is 2. The maximum atomic E-state index is 13.2. The number of nitrogens with one attached hydrogen (secondary N) is 1. The Morgan fingerprint density at radius 2 is 1.27 bits per heavy atom. The normalized spacial score (nSPS) is 16.4. The Morgan fingerprint density at radius 3 is 1.90 bits per heavy atom. The summed E-state index contributed by atoms with van der Waals surface area (Å²) in [6, 6.07) is 23.5. The predicted octanol–water partition coefficient (Wildman–Crippen LogP) is 6.93. The monoisotopic (exact) mass is 554 g/mol. The number of nitrogens with zero attached hydrogens (tertiary/aromatic N) is 1. The molecule has 0 atom stereocenters. The van der Waals surface area contributed by atoms with Gasteiger partial charge in [0.25, 0.3) is 10.0 Å². The molecule has 40 heavy (non-hydrogen) atoms. The van der Waals surface area contributed by atoms with Crippen LogP contribution in [0.4, 0.5) is 0 Å². The zero-order valence-corrected chi connectivity index (χ0v) is 24.3. The molecule has 5 rings (SSSR count).